The molecule has 0 saturated carbocycles. The monoisotopic (exact) mass is 344 g/mol. The van der Waals surface area contributed by atoms with Crippen LogP contribution in [-0.2, 0) is 9.47 Å². The van der Waals surface area contributed by atoms with Crippen LogP contribution in [0.2, 0.25) is 0 Å². The molecule has 2 aliphatic rings. The van der Waals surface area contributed by atoms with Crippen LogP contribution in [0.5, 0.6) is 11.5 Å². The number of aromatic nitrogens is 1. The Bertz CT molecular complexity index is 780. The number of H-pyrrole nitrogens is 1. The maximum atomic E-state index is 10.0. The van der Waals surface area contributed by atoms with E-state index in [0.717, 1.165) is 23.4 Å². The molecule has 1 fully saturated rings. The highest BCUT2D eigenvalue weighted by Crippen LogP contribution is 2.30. The Labute approximate surface area is 144 Å². The zero-order valence-electron chi connectivity index (χ0n) is 13.6. The summed E-state index contributed by atoms with van der Waals surface area (Å²) in [5, 5.41) is 19.2. The maximum Gasteiger partial charge on any atom is 0.233 e. The van der Waals surface area contributed by atoms with Crippen LogP contribution in [0.3, 0.4) is 0 Å². The van der Waals surface area contributed by atoms with Crippen molar-refractivity contribution in [3.05, 3.63) is 36.0 Å². The van der Waals surface area contributed by atoms with Gasteiger partial charge >= 0.3 is 0 Å². The van der Waals surface area contributed by atoms with Crippen molar-refractivity contribution in [1.82, 2.24) is 4.98 Å². The lowest BCUT2D eigenvalue weighted by molar-refractivity contribution is 0.141. The van der Waals surface area contributed by atoms with Crippen LogP contribution in [-0.4, -0.2) is 59.7 Å². The number of aliphatic hydroxyl groups is 1. The summed E-state index contributed by atoms with van der Waals surface area (Å²) in [6.07, 6.45) is 0.867. The van der Waals surface area contributed by atoms with Gasteiger partial charge in [-0.1, -0.05) is 0 Å². The Morgan fingerprint density at radius 1 is 1.20 bits per heavy atom. The third-order valence-corrected chi connectivity index (χ3v) is 4.23. The number of phenolic OH excluding ortho intramolecular Hbond substituents is 1. The minimum atomic E-state index is -0.212. The third kappa shape index (κ3) is 3.47. The second-order valence-corrected chi connectivity index (χ2v) is 6.19. The van der Waals surface area contributed by atoms with E-state index in [1.807, 2.05) is 18.2 Å². The minimum Gasteiger partial charge on any atom is -0.508 e. The molecule has 7 nitrogen and oxygen atoms in total. The topological polar surface area (TPSA) is 96.3 Å². The Kier molecular flexibility index (Phi) is 4.33. The summed E-state index contributed by atoms with van der Waals surface area (Å²) in [6, 6.07) is 8.69. The van der Waals surface area contributed by atoms with Crippen LogP contribution in [0.25, 0.3) is 11.3 Å². The second kappa shape index (κ2) is 6.78. The molecule has 132 valence electrons. The molecule has 0 aliphatic carbocycles. The summed E-state index contributed by atoms with van der Waals surface area (Å²) in [7, 11) is 0. The zero-order chi connectivity index (χ0) is 17.2. The molecule has 1 aromatic carbocycles. The molecule has 0 radical (unpaired) electrons. The Hall–Kier alpha value is -2.51. The maximum absolute atomic E-state index is 10.0. The van der Waals surface area contributed by atoms with Gasteiger partial charge in [-0.2, -0.15) is 0 Å². The normalized spacial score (nSPS) is 22.7. The van der Waals surface area contributed by atoms with Crippen molar-refractivity contribution in [2.75, 3.05) is 26.4 Å². The van der Waals surface area contributed by atoms with Crippen LogP contribution in [0.4, 0.5) is 0 Å². The third-order valence-electron chi connectivity index (χ3n) is 4.23. The first kappa shape index (κ1) is 16.0. The van der Waals surface area contributed by atoms with Gasteiger partial charge in [0.1, 0.15) is 35.9 Å². The average molecular weight is 344 g/mol. The zero-order valence-corrected chi connectivity index (χ0v) is 13.6. The lowest BCUT2D eigenvalue weighted by atomic mass is 10.1. The van der Waals surface area contributed by atoms with Gasteiger partial charge in [0.25, 0.3) is 0 Å². The summed E-state index contributed by atoms with van der Waals surface area (Å²) in [6.45, 7) is 1.62. The van der Waals surface area contributed by atoms with E-state index in [-0.39, 0.29) is 24.5 Å². The number of nitrogens with zero attached hydrogens (tertiary/aromatic N) is 1. The Balaban J connectivity index is 1.56. The number of rotatable bonds is 5. The van der Waals surface area contributed by atoms with Crippen molar-refractivity contribution in [3.63, 3.8) is 0 Å². The molecule has 2 unspecified atom stereocenters. The van der Waals surface area contributed by atoms with Crippen molar-refractivity contribution in [3.8, 4) is 22.8 Å². The molecule has 1 saturated heterocycles. The first-order valence-electron chi connectivity index (χ1n) is 8.31. The van der Waals surface area contributed by atoms with Gasteiger partial charge < -0.3 is 29.4 Å². The largest absolute Gasteiger partial charge is 0.508 e. The summed E-state index contributed by atoms with van der Waals surface area (Å²) in [4.78, 5) is 7.55. The van der Waals surface area contributed by atoms with Crippen molar-refractivity contribution in [1.29, 1.82) is 0 Å². The van der Waals surface area contributed by atoms with Crippen LogP contribution in [0, 0.1) is 0 Å². The highest BCUT2D eigenvalue weighted by molar-refractivity contribution is 5.94. The molecule has 0 spiro atoms. The van der Waals surface area contributed by atoms with Crippen molar-refractivity contribution >= 4 is 5.90 Å². The van der Waals surface area contributed by atoms with Gasteiger partial charge in [0.2, 0.25) is 5.90 Å². The summed E-state index contributed by atoms with van der Waals surface area (Å²) in [5.74, 6) is 1.24. The predicted octanol–water partition coefficient (Wildman–Crippen LogP) is 1.69. The SMILES string of the molecule is OCC1COC(c2ccc(-c3cc(O)cc(OC4CCOC4)c3)[nH]2)=N1. The van der Waals surface area contributed by atoms with Crippen molar-refractivity contribution < 1.29 is 24.4 Å². The van der Waals surface area contributed by atoms with E-state index in [4.69, 9.17) is 19.3 Å². The number of benzene rings is 1. The molecule has 25 heavy (non-hydrogen) atoms. The molecule has 0 amide bonds. The van der Waals surface area contributed by atoms with Gasteiger partial charge in [0.05, 0.1) is 19.8 Å². The number of aliphatic hydroxyl groups excluding tert-OH is 1. The van der Waals surface area contributed by atoms with E-state index < -0.39 is 0 Å². The molecule has 0 bridgehead atoms. The number of hydrogen-bond acceptors (Lipinski definition) is 6. The van der Waals surface area contributed by atoms with E-state index in [1.54, 1.807) is 12.1 Å². The Morgan fingerprint density at radius 2 is 2.08 bits per heavy atom. The van der Waals surface area contributed by atoms with E-state index in [0.29, 0.717) is 31.5 Å². The van der Waals surface area contributed by atoms with Crippen molar-refractivity contribution in [2.45, 2.75) is 18.6 Å². The van der Waals surface area contributed by atoms with Gasteiger partial charge in [0.15, 0.2) is 0 Å². The van der Waals surface area contributed by atoms with Gasteiger partial charge in [-0.25, -0.2) is 4.99 Å². The van der Waals surface area contributed by atoms with Crippen LogP contribution < -0.4 is 4.74 Å². The number of aliphatic imine (C=N–C) groups is 1. The second-order valence-electron chi connectivity index (χ2n) is 6.19. The smallest absolute Gasteiger partial charge is 0.233 e. The summed E-state index contributed by atoms with van der Waals surface area (Å²) < 4.78 is 16.7. The molecule has 1 aromatic heterocycles. The van der Waals surface area contributed by atoms with Crippen LogP contribution in [0.15, 0.2) is 35.3 Å². The molecule has 3 N–H and O–H groups in total. The molecule has 4 rings (SSSR count). The molecule has 3 heterocycles. The number of phenols is 1. The van der Waals surface area contributed by atoms with Gasteiger partial charge in [0, 0.05) is 23.7 Å². The van der Waals surface area contributed by atoms with E-state index >= 15 is 0 Å². The Morgan fingerprint density at radius 3 is 2.84 bits per heavy atom. The lowest BCUT2D eigenvalue weighted by Gasteiger charge is -2.13. The fraction of sp³-hybridized carbons (Fsp3) is 0.389. The van der Waals surface area contributed by atoms with Gasteiger partial charge in [-0.15, -0.1) is 0 Å². The van der Waals surface area contributed by atoms with E-state index in [1.165, 1.54) is 0 Å². The van der Waals surface area contributed by atoms with Crippen LogP contribution >= 0.6 is 0 Å². The number of aromatic hydroxyl groups is 1. The fourth-order valence-electron chi connectivity index (χ4n) is 2.95. The van der Waals surface area contributed by atoms with E-state index in [9.17, 15) is 5.11 Å². The standard InChI is InChI=1S/C18H20N2O5/c21-8-12-9-24-18(19-12)17-2-1-16(20-17)11-5-13(22)7-15(6-11)25-14-3-4-23-10-14/h1-2,5-7,12,14,20-22H,3-4,8-10H2. The van der Waals surface area contributed by atoms with Crippen LogP contribution in [0.1, 0.15) is 12.1 Å². The molecule has 2 aromatic rings. The molecular weight excluding hydrogens is 324 g/mol. The number of nitrogens with one attached hydrogen (secondary N) is 1. The fourth-order valence-corrected chi connectivity index (χ4v) is 2.95. The minimum absolute atomic E-state index is 0.0190. The lowest BCUT2D eigenvalue weighted by Crippen LogP contribution is -2.15. The molecule has 2 aliphatic heterocycles. The molecule has 2 atom stereocenters. The van der Waals surface area contributed by atoms with Gasteiger partial charge in [-0.05, 0) is 24.3 Å². The average Bonchev–Trinajstić information content (AvgIpc) is 3.35. The first-order chi connectivity index (χ1) is 12.2. The van der Waals surface area contributed by atoms with Gasteiger partial charge in [-0.3, -0.25) is 0 Å². The van der Waals surface area contributed by atoms with E-state index in [2.05, 4.69) is 9.98 Å². The summed E-state index contributed by atoms with van der Waals surface area (Å²) in [5.41, 5.74) is 2.36. The first-order valence-corrected chi connectivity index (χ1v) is 8.31. The quantitative estimate of drug-likeness (QED) is 0.767. The number of aromatic amines is 1. The summed E-state index contributed by atoms with van der Waals surface area (Å²) >= 11 is 0. The number of hydrogen-bond donors (Lipinski definition) is 3. The van der Waals surface area contributed by atoms with Crippen molar-refractivity contribution in [2.24, 2.45) is 4.99 Å². The highest BCUT2D eigenvalue weighted by Gasteiger charge is 2.21. The number of ether oxygens (including phenoxy) is 3. The predicted molar refractivity (Wildman–Crippen MR) is 91.1 cm³/mol. The molecular formula is C18H20N2O5. The highest BCUT2D eigenvalue weighted by atomic mass is 16.5. The molecule has 7 heteroatoms.